The van der Waals surface area contributed by atoms with E-state index >= 15 is 0 Å². The SMILES string of the molecule is CC(=O)/C(C)=C/c1cc(O)c(O)c([N+](=O)[O-])c1. The second-order valence-corrected chi connectivity index (χ2v) is 3.55. The van der Waals surface area contributed by atoms with Gasteiger partial charge in [-0.2, -0.15) is 0 Å². The molecule has 0 amide bonds. The predicted octanol–water partition coefficient (Wildman–Crippen LogP) is 2.00. The third-order valence-electron chi connectivity index (χ3n) is 2.23. The van der Waals surface area contributed by atoms with Crippen molar-refractivity contribution < 1.29 is 19.9 Å². The minimum absolute atomic E-state index is 0.180. The topological polar surface area (TPSA) is 101 Å². The molecule has 0 unspecified atom stereocenters. The molecule has 0 saturated carbocycles. The maximum Gasteiger partial charge on any atom is 0.315 e. The van der Waals surface area contributed by atoms with Crippen molar-refractivity contribution in [1.29, 1.82) is 0 Å². The van der Waals surface area contributed by atoms with Gasteiger partial charge in [-0.1, -0.05) is 0 Å². The number of ketones is 1. The number of hydrogen-bond donors (Lipinski definition) is 2. The van der Waals surface area contributed by atoms with E-state index in [1.807, 2.05) is 0 Å². The molecule has 0 fully saturated rings. The summed E-state index contributed by atoms with van der Waals surface area (Å²) in [7, 11) is 0. The van der Waals surface area contributed by atoms with Gasteiger partial charge < -0.3 is 10.2 Å². The number of allylic oxidation sites excluding steroid dienone is 1. The van der Waals surface area contributed by atoms with Gasteiger partial charge in [0.25, 0.3) is 0 Å². The molecule has 6 nitrogen and oxygen atoms in total. The monoisotopic (exact) mass is 237 g/mol. The molecule has 0 atom stereocenters. The summed E-state index contributed by atoms with van der Waals surface area (Å²) in [5.41, 5.74) is 0.0664. The van der Waals surface area contributed by atoms with Crippen LogP contribution in [0.3, 0.4) is 0 Å². The van der Waals surface area contributed by atoms with Crippen LogP contribution < -0.4 is 0 Å². The molecular formula is C11H11NO5. The quantitative estimate of drug-likeness (QED) is 0.362. The van der Waals surface area contributed by atoms with Gasteiger partial charge >= 0.3 is 5.69 Å². The fraction of sp³-hybridized carbons (Fsp3) is 0.182. The summed E-state index contributed by atoms with van der Waals surface area (Å²) in [4.78, 5) is 20.8. The van der Waals surface area contributed by atoms with Crippen molar-refractivity contribution in [2.45, 2.75) is 13.8 Å². The Labute approximate surface area is 97.0 Å². The number of hydrogen-bond acceptors (Lipinski definition) is 5. The number of carbonyl (C=O) groups excluding carboxylic acids is 1. The van der Waals surface area contributed by atoms with Crippen molar-refractivity contribution in [3.63, 3.8) is 0 Å². The average molecular weight is 237 g/mol. The summed E-state index contributed by atoms with van der Waals surface area (Å²) >= 11 is 0. The number of nitro groups is 1. The smallest absolute Gasteiger partial charge is 0.315 e. The summed E-state index contributed by atoms with van der Waals surface area (Å²) in [6.45, 7) is 2.92. The van der Waals surface area contributed by atoms with E-state index in [1.54, 1.807) is 6.92 Å². The van der Waals surface area contributed by atoms with Crippen LogP contribution in [-0.2, 0) is 4.79 Å². The zero-order valence-corrected chi connectivity index (χ0v) is 9.30. The number of carbonyl (C=O) groups is 1. The lowest BCUT2D eigenvalue weighted by Crippen LogP contribution is -1.93. The molecule has 1 aromatic carbocycles. The van der Waals surface area contributed by atoms with Gasteiger partial charge in [0.2, 0.25) is 5.75 Å². The number of phenolic OH excluding ortho intramolecular Hbond substituents is 2. The molecule has 0 aliphatic rings. The van der Waals surface area contributed by atoms with E-state index in [-0.39, 0.29) is 11.3 Å². The van der Waals surface area contributed by atoms with Gasteiger partial charge in [0.1, 0.15) is 0 Å². The van der Waals surface area contributed by atoms with Gasteiger partial charge in [0.15, 0.2) is 11.5 Å². The fourth-order valence-electron chi connectivity index (χ4n) is 1.20. The van der Waals surface area contributed by atoms with E-state index in [0.717, 1.165) is 12.1 Å². The summed E-state index contributed by atoms with van der Waals surface area (Å²) in [5, 5.41) is 29.2. The number of Topliss-reactive ketones (excluding diaryl/α,β-unsaturated/α-hetero) is 1. The Morgan fingerprint density at radius 2 is 1.94 bits per heavy atom. The first kappa shape index (κ1) is 12.7. The Hall–Kier alpha value is -2.37. The van der Waals surface area contributed by atoms with Crippen LogP contribution in [0.1, 0.15) is 19.4 Å². The molecule has 1 rings (SSSR count). The average Bonchev–Trinajstić information content (AvgIpc) is 2.22. The van der Waals surface area contributed by atoms with E-state index in [2.05, 4.69) is 0 Å². The van der Waals surface area contributed by atoms with Gasteiger partial charge in [-0.15, -0.1) is 0 Å². The molecule has 0 aliphatic carbocycles. The summed E-state index contributed by atoms with van der Waals surface area (Å²) < 4.78 is 0. The standard InChI is InChI=1S/C11H11NO5/c1-6(7(2)13)3-8-4-9(12(16)17)11(15)10(14)5-8/h3-5,14-15H,1-2H3/b6-3+. The highest BCUT2D eigenvalue weighted by Gasteiger charge is 2.18. The second-order valence-electron chi connectivity index (χ2n) is 3.55. The highest BCUT2D eigenvalue weighted by Crippen LogP contribution is 2.36. The first-order valence-electron chi connectivity index (χ1n) is 4.72. The van der Waals surface area contributed by atoms with Crippen LogP contribution in [0.2, 0.25) is 0 Å². The third kappa shape index (κ3) is 2.81. The Morgan fingerprint density at radius 1 is 1.35 bits per heavy atom. The molecule has 0 aliphatic heterocycles. The lowest BCUT2D eigenvalue weighted by Gasteiger charge is -2.02. The number of aromatic hydroxyl groups is 2. The lowest BCUT2D eigenvalue weighted by atomic mass is 10.1. The number of nitrogens with zero attached hydrogens (tertiary/aromatic N) is 1. The molecule has 0 saturated heterocycles. The molecule has 0 heterocycles. The minimum atomic E-state index is -0.810. The van der Waals surface area contributed by atoms with Crippen molar-refractivity contribution in [2.75, 3.05) is 0 Å². The van der Waals surface area contributed by atoms with Crippen molar-refractivity contribution in [3.8, 4) is 11.5 Å². The molecule has 2 N–H and O–H groups in total. The van der Waals surface area contributed by atoms with Crippen molar-refractivity contribution >= 4 is 17.5 Å². The molecule has 1 aromatic rings. The molecule has 0 aromatic heterocycles. The largest absolute Gasteiger partial charge is 0.504 e. The van der Waals surface area contributed by atoms with Gasteiger partial charge in [-0.25, -0.2) is 0 Å². The lowest BCUT2D eigenvalue weighted by molar-refractivity contribution is -0.386. The first-order valence-corrected chi connectivity index (χ1v) is 4.72. The van der Waals surface area contributed by atoms with Crippen LogP contribution in [0.25, 0.3) is 6.08 Å². The van der Waals surface area contributed by atoms with E-state index in [9.17, 15) is 25.1 Å². The Bertz CT molecular complexity index is 519. The van der Waals surface area contributed by atoms with E-state index in [0.29, 0.717) is 5.57 Å². The van der Waals surface area contributed by atoms with Crippen LogP contribution in [0, 0.1) is 10.1 Å². The number of phenols is 2. The van der Waals surface area contributed by atoms with Crippen LogP contribution >= 0.6 is 0 Å². The summed E-state index contributed by atoms with van der Waals surface area (Å²) in [5.74, 6) is -1.56. The van der Waals surface area contributed by atoms with Gasteiger partial charge in [-0.3, -0.25) is 14.9 Å². The van der Waals surface area contributed by atoms with Crippen LogP contribution in [0.15, 0.2) is 17.7 Å². The molecular weight excluding hydrogens is 226 g/mol. The van der Waals surface area contributed by atoms with Crippen molar-refractivity contribution in [2.24, 2.45) is 0 Å². The fourth-order valence-corrected chi connectivity index (χ4v) is 1.20. The van der Waals surface area contributed by atoms with Gasteiger partial charge in [0, 0.05) is 6.07 Å². The Balaban J connectivity index is 3.34. The molecule has 6 heteroatoms. The van der Waals surface area contributed by atoms with Gasteiger partial charge in [0.05, 0.1) is 4.92 Å². The molecule has 0 spiro atoms. The second kappa shape index (κ2) is 4.65. The first-order chi connectivity index (χ1) is 7.82. The summed E-state index contributed by atoms with van der Waals surface area (Å²) in [6.07, 6.45) is 1.40. The summed E-state index contributed by atoms with van der Waals surface area (Å²) in [6, 6.07) is 2.23. The minimum Gasteiger partial charge on any atom is -0.504 e. The highest BCUT2D eigenvalue weighted by atomic mass is 16.6. The maximum absolute atomic E-state index is 11.0. The predicted molar refractivity (Wildman–Crippen MR) is 60.8 cm³/mol. The zero-order valence-electron chi connectivity index (χ0n) is 9.30. The Kier molecular flexibility index (Phi) is 3.47. The van der Waals surface area contributed by atoms with Crippen molar-refractivity contribution in [1.82, 2.24) is 0 Å². The van der Waals surface area contributed by atoms with Crippen LogP contribution in [0.5, 0.6) is 11.5 Å². The van der Waals surface area contributed by atoms with E-state index in [1.165, 1.54) is 13.0 Å². The maximum atomic E-state index is 11.0. The normalized spacial score (nSPS) is 11.3. The number of rotatable bonds is 3. The molecule has 0 radical (unpaired) electrons. The van der Waals surface area contributed by atoms with Gasteiger partial charge in [-0.05, 0) is 37.1 Å². The van der Waals surface area contributed by atoms with Crippen LogP contribution in [0.4, 0.5) is 5.69 Å². The highest BCUT2D eigenvalue weighted by molar-refractivity contribution is 5.97. The van der Waals surface area contributed by atoms with E-state index in [4.69, 9.17) is 0 Å². The van der Waals surface area contributed by atoms with Crippen LogP contribution in [-0.4, -0.2) is 20.9 Å². The van der Waals surface area contributed by atoms with Crippen molar-refractivity contribution in [3.05, 3.63) is 33.4 Å². The number of nitro benzene ring substituents is 1. The number of benzene rings is 1. The Morgan fingerprint density at radius 3 is 2.41 bits per heavy atom. The molecule has 90 valence electrons. The third-order valence-corrected chi connectivity index (χ3v) is 2.23. The molecule has 17 heavy (non-hydrogen) atoms. The molecule has 0 bridgehead atoms. The van der Waals surface area contributed by atoms with E-state index < -0.39 is 22.1 Å². The zero-order chi connectivity index (χ0) is 13.2.